The van der Waals surface area contributed by atoms with Crippen LogP contribution in [0.5, 0.6) is 5.88 Å². The second-order valence-electron chi connectivity index (χ2n) is 3.21. The first-order valence-corrected chi connectivity index (χ1v) is 4.63. The van der Waals surface area contributed by atoms with Crippen LogP contribution in [0.3, 0.4) is 0 Å². The van der Waals surface area contributed by atoms with Crippen LogP contribution in [-0.2, 0) is 6.54 Å². The number of fused-ring (bicyclic) bond motifs is 1. The number of ether oxygens (including phenoxy) is 1. The zero-order valence-corrected chi connectivity index (χ0v) is 8.40. The number of methoxy groups -OCH3 is 1. The molecule has 1 aromatic heterocycles. The van der Waals surface area contributed by atoms with E-state index in [-0.39, 0.29) is 0 Å². The van der Waals surface area contributed by atoms with E-state index in [2.05, 4.69) is 10.5 Å². The lowest BCUT2D eigenvalue weighted by molar-refractivity contribution is 0.161. The highest BCUT2D eigenvalue weighted by Gasteiger charge is 2.02. The third kappa shape index (κ3) is 1.91. The van der Waals surface area contributed by atoms with E-state index in [0.29, 0.717) is 12.4 Å². The van der Waals surface area contributed by atoms with Crippen LogP contribution in [0.25, 0.3) is 10.8 Å². The number of hydroxylamine groups is 1. The number of benzene rings is 1. The van der Waals surface area contributed by atoms with E-state index in [1.165, 1.54) is 0 Å². The van der Waals surface area contributed by atoms with Gasteiger partial charge in [-0.15, -0.1) is 0 Å². The number of nitrogens with zero attached hydrogens (tertiary/aromatic N) is 1. The third-order valence-electron chi connectivity index (χ3n) is 2.27. The summed E-state index contributed by atoms with van der Waals surface area (Å²) in [6, 6.07) is 7.77. The summed E-state index contributed by atoms with van der Waals surface area (Å²) in [7, 11) is 1.60. The monoisotopic (exact) mass is 204 g/mol. The first-order chi connectivity index (χ1) is 7.35. The number of rotatable bonds is 3. The van der Waals surface area contributed by atoms with E-state index in [9.17, 15) is 0 Å². The molecular formula is C11H12N2O2. The van der Waals surface area contributed by atoms with Crippen molar-refractivity contribution < 1.29 is 9.94 Å². The summed E-state index contributed by atoms with van der Waals surface area (Å²) in [5.74, 6) is 0.621. The molecular weight excluding hydrogens is 192 g/mol. The predicted molar refractivity (Wildman–Crippen MR) is 56.9 cm³/mol. The van der Waals surface area contributed by atoms with Gasteiger partial charge in [0.15, 0.2) is 0 Å². The molecule has 0 fully saturated rings. The van der Waals surface area contributed by atoms with Gasteiger partial charge >= 0.3 is 0 Å². The zero-order valence-electron chi connectivity index (χ0n) is 8.40. The highest BCUT2D eigenvalue weighted by molar-refractivity contribution is 5.87. The van der Waals surface area contributed by atoms with Crippen molar-refractivity contribution in [2.75, 3.05) is 7.11 Å². The largest absolute Gasteiger partial charge is 0.481 e. The average molecular weight is 204 g/mol. The van der Waals surface area contributed by atoms with Crippen molar-refractivity contribution in [2.24, 2.45) is 0 Å². The minimum atomic E-state index is 0.431. The Bertz CT molecular complexity index is 471. The maximum Gasteiger partial charge on any atom is 0.221 e. The topological polar surface area (TPSA) is 54.4 Å². The Kier molecular flexibility index (Phi) is 2.80. The third-order valence-corrected chi connectivity index (χ3v) is 2.27. The Morgan fingerprint density at radius 3 is 3.00 bits per heavy atom. The highest BCUT2D eigenvalue weighted by Crippen LogP contribution is 2.23. The molecule has 0 aliphatic carbocycles. The molecule has 15 heavy (non-hydrogen) atoms. The second kappa shape index (κ2) is 4.25. The summed E-state index contributed by atoms with van der Waals surface area (Å²) in [5.41, 5.74) is 3.14. The van der Waals surface area contributed by atoms with Gasteiger partial charge < -0.3 is 9.94 Å². The molecule has 2 rings (SSSR count). The van der Waals surface area contributed by atoms with Crippen LogP contribution in [0, 0.1) is 0 Å². The minimum absolute atomic E-state index is 0.431. The van der Waals surface area contributed by atoms with Gasteiger partial charge in [-0.2, -0.15) is 0 Å². The molecule has 0 aliphatic rings. The molecule has 0 bridgehead atoms. The number of nitrogens with one attached hydrogen (secondary N) is 1. The Morgan fingerprint density at radius 1 is 1.40 bits per heavy atom. The molecule has 0 aliphatic heterocycles. The minimum Gasteiger partial charge on any atom is -0.481 e. The van der Waals surface area contributed by atoms with Crippen molar-refractivity contribution in [2.45, 2.75) is 6.54 Å². The summed E-state index contributed by atoms with van der Waals surface area (Å²) < 4.78 is 5.15. The van der Waals surface area contributed by atoms with Crippen molar-refractivity contribution in [3.63, 3.8) is 0 Å². The summed E-state index contributed by atoms with van der Waals surface area (Å²) >= 11 is 0. The molecule has 0 saturated carbocycles. The second-order valence-corrected chi connectivity index (χ2v) is 3.21. The van der Waals surface area contributed by atoms with Gasteiger partial charge in [0, 0.05) is 18.1 Å². The predicted octanol–water partition coefficient (Wildman–Crippen LogP) is 1.72. The highest BCUT2D eigenvalue weighted by atomic mass is 16.5. The van der Waals surface area contributed by atoms with Crippen LogP contribution in [-0.4, -0.2) is 17.3 Å². The lowest BCUT2D eigenvalue weighted by atomic mass is 10.1. The Labute approximate surface area is 87.5 Å². The lowest BCUT2D eigenvalue weighted by Gasteiger charge is -2.05. The summed E-state index contributed by atoms with van der Waals surface area (Å²) in [5, 5.41) is 10.6. The molecule has 0 atom stereocenters. The van der Waals surface area contributed by atoms with Crippen molar-refractivity contribution in [3.8, 4) is 5.88 Å². The maximum absolute atomic E-state index is 8.61. The lowest BCUT2D eigenvalue weighted by Crippen LogP contribution is -2.05. The Hall–Kier alpha value is -1.65. The number of aromatic nitrogens is 1. The quantitative estimate of drug-likeness (QED) is 0.747. The molecule has 1 aromatic carbocycles. The van der Waals surface area contributed by atoms with E-state index in [0.717, 1.165) is 16.3 Å². The fourth-order valence-corrected chi connectivity index (χ4v) is 1.56. The van der Waals surface area contributed by atoms with Gasteiger partial charge in [-0.3, -0.25) is 0 Å². The van der Waals surface area contributed by atoms with Gasteiger partial charge in [0.2, 0.25) is 5.88 Å². The van der Waals surface area contributed by atoms with Gasteiger partial charge in [-0.1, -0.05) is 6.07 Å². The van der Waals surface area contributed by atoms with Crippen molar-refractivity contribution >= 4 is 10.8 Å². The maximum atomic E-state index is 8.61. The Morgan fingerprint density at radius 2 is 2.27 bits per heavy atom. The Balaban J connectivity index is 2.53. The molecule has 78 valence electrons. The summed E-state index contributed by atoms with van der Waals surface area (Å²) in [6.45, 7) is 0.431. The van der Waals surface area contributed by atoms with Gasteiger partial charge in [-0.05, 0) is 29.1 Å². The average Bonchev–Trinajstić information content (AvgIpc) is 2.28. The van der Waals surface area contributed by atoms with E-state index in [1.54, 1.807) is 13.3 Å². The molecule has 0 radical (unpaired) electrons. The molecule has 0 spiro atoms. The fourth-order valence-electron chi connectivity index (χ4n) is 1.56. The normalized spacial score (nSPS) is 10.5. The van der Waals surface area contributed by atoms with Crippen LogP contribution in [0.4, 0.5) is 0 Å². The van der Waals surface area contributed by atoms with Crippen LogP contribution < -0.4 is 10.2 Å². The number of hydrogen-bond donors (Lipinski definition) is 2. The molecule has 0 unspecified atom stereocenters. The van der Waals surface area contributed by atoms with Crippen LogP contribution in [0.2, 0.25) is 0 Å². The first kappa shape index (κ1) is 9.89. The van der Waals surface area contributed by atoms with E-state index >= 15 is 0 Å². The number of pyridine rings is 1. The SMILES string of the molecule is COc1nccc2cc(CNO)ccc12. The van der Waals surface area contributed by atoms with Gasteiger partial charge in [0.1, 0.15) is 0 Å². The number of hydrogen-bond acceptors (Lipinski definition) is 4. The van der Waals surface area contributed by atoms with Crippen LogP contribution in [0.15, 0.2) is 30.5 Å². The summed E-state index contributed by atoms with van der Waals surface area (Å²) in [6.07, 6.45) is 1.71. The molecule has 1 heterocycles. The van der Waals surface area contributed by atoms with Crippen molar-refractivity contribution in [3.05, 3.63) is 36.0 Å². The molecule has 0 saturated heterocycles. The molecule has 2 N–H and O–H groups in total. The van der Waals surface area contributed by atoms with Crippen molar-refractivity contribution in [1.82, 2.24) is 10.5 Å². The molecule has 4 nitrogen and oxygen atoms in total. The van der Waals surface area contributed by atoms with E-state index in [4.69, 9.17) is 9.94 Å². The molecule has 2 aromatic rings. The van der Waals surface area contributed by atoms with Crippen LogP contribution in [0.1, 0.15) is 5.56 Å². The smallest absolute Gasteiger partial charge is 0.221 e. The zero-order chi connectivity index (χ0) is 10.7. The molecule has 4 heteroatoms. The molecule has 0 amide bonds. The first-order valence-electron chi connectivity index (χ1n) is 4.63. The van der Waals surface area contributed by atoms with Gasteiger partial charge in [0.05, 0.1) is 7.11 Å². The van der Waals surface area contributed by atoms with E-state index in [1.807, 2.05) is 24.3 Å². The standard InChI is InChI=1S/C11H12N2O2/c1-15-11-10-3-2-8(7-13-14)6-9(10)4-5-12-11/h2-6,13-14H,7H2,1H3. The van der Waals surface area contributed by atoms with Gasteiger partial charge in [-0.25, -0.2) is 10.5 Å². The fraction of sp³-hybridized carbons (Fsp3) is 0.182. The van der Waals surface area contributed by atoms with Crippen LogP contribution >= 0.6 is 0 Å². The summed E-state index contributed by atoms with van der Waals surface area (Å²) in [4.78, 5) is 4.11. The van der Waals surface area contributed by atoms with Crippen molar-refractivity contribution in [1.29, 1.82) is 0 Å². The van der Waals surface area contributed by atoms with Gasteiger partial charge in [0.25, 0.3) is 0 Å². The van der Waals surface area contributed by atoms with E-state index < -0.39 is 0 Å².